The maximum absolute atomic E-state index is 5.84. The average molecular weight is 243 g/mol. The molecule has 2 aromatic heterocycles. The number of imidazole rings is 1. The highest BCUT2D eigenvalue weighted by Crippen LogP contribution is 2.28. The SMILES string of the molecule is CC1(Cn2ccnc2-c2ccncc2)CCCO1. The van der Waals surface area contributed by atoms with Gasteiger partial charge in [-0.3, -0.25) is 4.98 Å². The molecule has 4 heteroatoms. The fraction of sp³-hybridized carbons (Fsp3) is 0.429. The quantitative estimate of drug-likeness (QED) is 0.831. The van der Waals surface area contributed by atoms with Crippen molar-refractivity contribution in [2.45, 2.75) is 31.9 Å². The second-order valence-electron chi connectivity index (χ2n) is 5.02. The second kappa shape index (κ2) is 4.53. The first-order valence-electron chi connectivity index (χ1n) is 6.32. The summed E-state index contributed by atoms with van der Waals surface area (Å²) in [5, 5.41) is 0. The highest BCUT2D eigenvalue weighted by molar-refractivity contribution is 5.54. The first kappa shape index (κ1) is 11.4. The summed E-state index contributed by atoms with van der Waals surface area (Å²) in [5.41, 5.74) is 1.04. The van der Waals surface area contributed by atoms with Gasteiger partial charge in [-0.25, -0.2) is 4.98 Å². The molecule has 3 heterocycles. The molecule has 94 valence electrons. The molecule has 0 amide bonds. The van der Waals surface area contributed by atoms with Crippen LogP contribution in [0.1, 0.15) is 19.8 Å². The Balaban J connectivity index is 1.88. The Labute approximate surface area is 107 Å². The third-order valence-electron chi connectivity index (χ3n) is 3.46. The Morgan fingerprint density at radius 1 is 1.33 bits per heavy atom. The van der Waals surface area contributed by atoms with Gasteiger partial charge in [0.1, 0.15) is 5.82 Å². The van der Waals surface area contributed by atoms with E-state index in [0.29, 0.717) is 0 Å². The Morgan fingerprint density at radius 3 is 2.89 bits per heavy atom. The van der Waals surface area contributed by atoms with Gasteiger partial charge in [0.05, 0.1) is 12.1 Å². The molecule has 1 aliphatic heterocycles. The number of nitrogens with zero attached hydrogens (tertiary/aromatic N) is 3. The molecule has 4 nitrogen and oxygen atoms in total. The van der Waals surface area contributed by atoms with Crippen molar-refractivity contribution < 1.29 is 4.74 Å². The molecule has 18 heavy (non-hydrogen) atoms. The van der Waals surface area contributed by atoms with Crippen LogP contribution in [0.4, 0.5) is 0 Å². The van der Waals surface area contributed by atoms with Gasteiger partial charge in [-0.1, -0.05) is 0 Å². The number of pyridine rings is 1. The summed E-state index contributed by atoms with van der Waals surface area (Å²) in [4.78, 5) is 8.48. The van der Waals surface area contributed by atoms with Crippen LogP contribution in [-0.2, 0) is 11.3 Å². The van der Waals surface area contributed by atoms with E-state index in [1.54, 1.807) is 12.4 Å². The van der Waals surface area contributed by atoms with Gasteiger partial charge in [0.15, 0.2) is 0 Å². The van der Waals surface area contributed by atoms with E-state index in [1.165, 1.54) is 0 Å². The van der Waals surface area contributed by atoms with E-state index in [9.17, 15) is 0 Å². The lowest BCUT2D eigenvalue weighted by Gasteiger charge is -2.24. The summed E-state index contributed by atoms with van der Waals surface area (Å²) in [6.45, 7) is 3.90. The number of hydrogen-bond donors (Lipinski definition) is 0. The standard InChI is InChI=1S/C14H17N3O/c1-14(5-2-10-18-14)11-17-9-8-16-13(17)12-3-6-15-7-4-12/h3-4,6-9H,2,5,10-11H2,1H3. The minimum Gasteiger partial charge on any atom is -0.373 e. The van der Waals surface area contributed by atoms with Crippen molar-refractivity contribution in [3.63, 3.8) is 0 Å². The first-order valence-corrected chi connectivity index (χ1v) is 6.32. The molecule has 0 aliphatic carbocycles. The third kappa shape index (κ3) is 2.16. The van der Waals surface area contributed by atoms with Crippen LogP contribution < -0.4 is 0 Å². The summed E-state index contributed by atoms with van der Waals surface area (Å²) in [7, 11) is 0. The first-order chi connectivity index (χ1) is 8.77. The predicted octanol–water partition coefficient (Wildman–Crippen LogP) is 2.51. The molecule has 0 aromatic carbocycles. The van der Waals surface area contributed by atoms with Gasteiger partial charge < -0.3 is 9.30 Å². The predicted molar refractivity (Wildman–Crippen MR) is 69.0 cm³/mol. The zero-order valence-electron chi connectivity index (χ0n) is 10.5. The van der Waals surface area contributed by atoms with Crippen molar-refractivity contribution >= 4 is 0 Å². The van der Waals surface area contributed by atoms with Crippen LogP contribution in [0.2, 0.25) is 0 Å². The Hall–Kier alpha value is -1.68. The lowest BCUT2D eigenvalue weighted by atomic mass is 10.0. The van der Waals surface area contributed by atoms with Crippen LogP contribution in [0.25, 0.3) is 11.4 Å². The smallest absolute Gasteiger partial charge is 0.140 e. The molecule has 3 rings (SSSR count). The van der Waals surface area contributed by atoms with Crippen LogP contribution in [0.3, 0.4) is 0 Å². The molecule has 0 bridgehead atoms. The van der Waals surface area contributed by atoms with Crippen LogP contribution in [-0.4, -0.2) is 26.7 Å². The zero-order chi connectivity index (χ0) is 12.4. The molecule has 1 unspecified atom stereocenters. The Morgan fingerprint density at radius 2 is 2.17 bits per heavy atom. The largest absolute Gasteiger partial charge is 0.373 e. The lowest BCUT2D eigenvalue weighted by Crippen LogP contribution is -2.29. The molecule has 0 saturated carbocycles. The number of rotatable bonds is 3. The number of ether oxygens (including phenoxy) is 1. The molecule has 2 aromatic rings. The zero-order valence-corrected chi connectivity index (χ0v) is 10.5. The number of aromatic nitrogens is 3. The van der Waals surface area contributed by atoms with Crippen molar-refractivity contribution in [2.24, 2.45) is 0 Å². The van der Waals surface area contributed by atoms with Gasteiger partial charge in [0, 0.05) is 37.0 Å². The van der Waals surface area contributed by atoms with E-state index in [4.69, 9.17) is 4.74 Å². The number of hydrogen-bond acceptors (Lipinski definition) is 3. The summed E-state index contributed by atoms with van der Waals surface area (Å²) in [6.07, 6.45) is 9.71. The minimum absolute atomic E-state index is 0.0531. The fourth-order valence-electron chi connectivity index (χ4n) is 2.52. The average Bonchev–Trinajstić information content (AvgIpc) is 3.00. The van der Waals surface area contributed by atoms with E-state index in [-0.39, 0.29) is 5.60 Å². The van der Waals surface area contributed by atoms with Gasteiger partial charge >= 0.3 is 0 Å². The van der Waals surface area contributed by atoms with Gasteiger partial charge in [-0.05, 0) is 31.9 Å². The lowest BCUT2D eigenvalue weighted by molar-refractivity contribution is 0.00657. The van der Waals surface area contributed by atoms with Gasteiger partial charge in [-0.15, -0.1) is 0 Å². The van der Waals surface area contributed by atoms with Crippen LogP contribution in [0, 0.1) is 0 Å². The normalized spacial score (nSPS) is 23.4. The molecule has 0 spiro atoms. The van der Waals surface area contributed by atoms with Crippen LogP contribution >= 0.6 is 0 Å². The van der Waals surface area contributed by atoms with E-state index < -0.39 is 0 Å². The van der Waals surface area contributed by atoms with Crippen molar-refractivity contribution in [1.82, 2.24) is 14.5 Å². The Bertz CT molecular complexity index is 515. The second-order valence-corrected chi connectivity index (χ2v) is 5.02. The molecule has 1 aliphatic rings. The van der Waals surface area contributed by atoms with Crippen LogP contribution in [0.15, 0.2) is 36.9 Å². The topological polar surface area (TPSA) is 39.9 Å². The van der Waals surface area contributed by atoms with E-state index in [1.807, 2.05) is 24.5 Å². The van der Waals surface area contributed by atoms with E-state index in [0.717, 1.165) is 37.4 Å². The highest BCUT2D eigenvalue weighted by Gasteiger charge is 2.30. The summed E-state index contributed by atoms with van der Waals surface area (Å²) in [6, 6.07) is 3.97. The van der Waals surface area contributed by atoms with Crippen molar-refractivity contribution in [1.29, 1.82) is 0 Å². The Kier molecular flexibility index (Phi) is 2.88. The molecule has 1 fully saturated rings. The van der Waals surface area contributed by atoms with Gasteiger partial charge in [-0.2, -0.15) is 0 Å². The monoisotopic (exact) mass is 243 g/mol. The van der Waals surface area contributed by atoms with E-state index in [2.05, 4.69) is 21.5 Å². The van der Waals surface area contributed by atoms with Crippen molar-refractivity contribution in [2.75, 3.05) is 6.61 Å². The maximum Gasteiger partial charge on any atom is 0.140 e. The highest BCUT2D eigenvalue weighted by atomic mass is 16.5. The molecule has 0 N–H and O–H groups in total. The van der Waals surface area contributed by atoms with E-state index >= 15 is 0 Å². The summed E-state index contributed by atoms with van der Waals surface area (Å²) >= 11 is 0. The molecule has 1 saturated heterocycles. The van der Waals surface area contributed by atoms with Gasteiger partial charge in [0.25, 0.3) is 0 Å². The third-order valence-corrected chi connectivity index (χ3v) is 3.46. The summed E-state index contributed by atoms with van der Waals surface area (Å²) in [5.74, 6) is 0.981. The maximum atomic E-state index is 5.84. The fourth-order valence-corrected chi connectivity index (χ4v) is 2.52. The minimum atomic E-state index is -0.0531. The van der Waals surface area contributed by atoms with Gasteiger partial charge in [0.2, 0.25) is 0 Å². The molecule has 1 atom stereocenters. The molecular formula is C14H17N3O. The van der Waals surface area contributed by atoms with Crippen molar-refractivity contribution in [3.05, 3.63) is 36.9 Å². The molecular weight excluding hydrogens is 226 g/mol. The van der Waals surface area contributed by atoms with Crippen LogP contribution in [0.5, 0.6) is 0 Å². The van der Waals surface area contributed by atoms with Crippen molar-refractivity contribution in [3.8, 4) is 11.4 Å². The summed E-state index contributed by atoms with van der Waals surface area (Å²) < 4.78 is 8.01. The molecule has 0 radical (unpaired) electrons.